The van der Waals surface area contributed by atoms with E-state index in [9.17, 15) is 26.4 Å². The number of carbonyl (C=O) groups is 1. The highest BCUT2D eigenvalue weighted by Crippen LogP contribution is 2.33. The van der Waals surface area contributed by atoms with Crippen molar-refractivity contribution in [3.05, 3.63) is 41.7 Å². The van der Waals surface area contributed by atoms with Gasteiger partial charge in [-0.15, -0.1) is 5.10 Å². The summed E-state index contributed by atoms with van der Waals surface area (Å²) in [6.07, 6.45) is -2.76. The summed E-state index contributed by atoms with van der Waals surface area (Å²) in [6, 6.07) is 4.92. The minimum atomic E-state index is -4.56. The monoisotopic (exact) mass is 443 g/mol. The Hall–Kier alpha value is -2.47. The number of benzene rings is 1. The first-order chi connectivity index (χ1) is 14.1. The molecule has 30 heavy (non-hydrogen) atoms. The molecule has 1 atom stereocenters. The van der Waals surface area contributed by atoms with Gasteiger partial charge in [0.1, 0.15) is 0 Å². The molecule has 2 aromatic rings. The van der Waals surface area contributed by atoms with Gasteiger partial charge >= 0.3 is 6.18 Å². The molecule has 2 saturated heterocycles. The zero-order valence-electron chi connectivity index (χ0n) is 15.9. The van der Waals surface area contributed by atoms with E-state index in [0.29, 0.717) is 32.6 Å². The van der Waals surface area contributed by atoms with Gasteiger partial charge in [0, 0.05) is 32.2 Å². The third-order valence-electron chi connectivity index (χ3n) is 5.50. The van der Waals surface area contributed by atoms with Gasteiger partial charge in [0.25, 0.3) is 5.91 Å². The van der Waals surface area contributed by atoms with E-state index < -0.39 is 27.5 Å². The van der Waals surface area contributed by atoms with Crippen molar-refractivity contribution < 1.29 is 26.4 Å². The maximum atomic E-state index is 13.2. The van der Waals surface area contributed by atoms with Crippen LogP contribution in [0.15, 0.2) is 30.5 Å². The summed E-state index contributed by atoms with van der Waals surface area (Å²) in [5, 5.41) is 7.48. The minimum absolute atomic E-state index is 0.0213. The summed E-state index contributed by atoms with van der Waals surface area (Å²) >= 11 is 0. The Morgan fingerprint density at radius 1 is 1.10 bits per heavy atom. The number of amides is 1. The quantitative estimate of drug-likeness (QED) is 0.709. The Morgan fingerprint density at radius 3 is 2.43 bits per heavy atom. The van der Waals surface area contributed by atoms with Crippen LogP contribution in [0.2, 0.25) is 0 Å². The van der Waals surface area contributed by atoms with Gasteiger partial charge in [0.2, 0.25) is 0 Å². The zero-order chi connectivity index (χ0) is 21.5. The number of sulfone groups is 1. The molecule has 8 nitrogen and oxygen atoms in total. The summed E-state index contributed by atoms with van der Waals surface area (Å²) in [4.78, 5) is 16.4. The van der Waals surface area contributed by atoms with Crippen LogP contribution < -0.4 is 0 Å². The lowest BCUT2D eigenvalue weighted by atomic mass is 10.1. The largest absolute Gasteiger partial charge is 0.418 e. The summed E-state index contributed by atoms with van der Waals surface area (Å²) < 4.78 is 64.0. The minimum Gasteiger partial charge on any atom is -0.335 e. The normalized spacial score (nSPS) is 22.4. The first-order valence-corrected chi connectivity index (χ1v) is 11.3. The van der Waals surface area contributed by atoms with Crippen LogP contribution in [-0.2, 0) is 16.0 Å². The Morgan fingerprint density at radius 2 is 1.80 bits per heavy atom. The molecule has 2 fully saturated rings. The molecule has 12 heteroatoms. The van der Waals surface area contributed by atoms with Crippen molar-refractivity contribution in [2.24, 2.45) is 0 Å². The topological polar surface area (TPSA) is 88.4 Å². The van der Waals surface area contributed by atoms with Crippen molar-refractivity contribution in [1.29, 1.82) is 0 Å². The van der Waals surface area contributed by atoms with E-state index in [2.05, 4.69) is 15.2 Å². The Kier molecular flexibility index (Phi) is 5.30. The van der Waals surface area contributed by atoms with E-state index in [0.717, 1.165) is 10.7 Å². The van der Waals surface area contributed by atoms with Gasteiger partial charge in [-0.1, -0.05) is 17.3 Å². The highest BCUT2D eigenvalue weighted by molar-refractivity contribution is 7.91. The summed E-state index contributed by atoms with van der Waals surface area (Å²) in [5.41, 5.74) is -1.11. The second-order valence-electron chi connectivity index (χ2n) is 7.45. The van der Waals surface area contributed by atoms with Crippen molar-refractivity contribution in [1.82, 2.24) is 24.8 Å². The van der Waals surface area contributed by atoms with Gasteiger partial charge in [0.05, 0.1) is 29.0 Å². The highest BCUT2D eigenvalue weighted by atomic mass is 32.2. The van der Waals surface area contributed by atoms with Crippen LogP contribution in [0.3, 0.4) is 0 Å². The van der Waals surface area contributed by atoms with Gasteiger partial charge in [-0.3, -0.25) is 9.69 Å². The molecule has 0 N–H and O–H groups in total. The number of aromatic nitrogens is 3. The van der Waals surface area contributed by atoms with E-state index in [1.807, 2.05) is 0 Å². The van der Waals surface area contributed by atoms with E-state index in [4.69, 9.17) is 0 Å². The molecular weight excluding hydrogens is 423 g/mol. The molecule has 1 unspecified atom stereocenters. The molecule has 1 aromatic carbocycles. The average Bonchev–Trinajstić information content (AvgIpc) is 3.33. The van der Waals surface area contributed by atoms with Crippen LogP contribution >= 0.6 is 0 Å². The number of nitrogens with zero attached hydrogens (tertiary/aromatic N) is 5. The summed E-state index contributed by atoms with van der Waals surface area (Å²) in [6.45, 7) is 1.86. The smallest absolute Gasteiger partial charge is 0.335 e. The average molecular weight is 443 g/mol. The number of hydrogen-bond acceptors (Lipinski definition) is 6. The fourth-order valence-corrected chi connectivity index (χ4v) is 5.67. The van der Waals surface area contributed by atoms with E-state index in [1.54, 1.807) is 4.90 Å². The first kappa shape index (κ1) is 20.8. The number of hydrogen-bond donors (Lipinski definition) is 0. The van der Waals surface area contributed by atoms with Crippen LogP contribution in [-0.4, -0.2) is 82.8 Å². The van der Waals surface area contributed by atoms with E-state index >= 15 is 0 Å². The summed E-state index contributed by atoms with van der Waals surface area (Å²) in [7, 11) is -2.98. The standard InChI is InChI=1S/C18H20F3N5O3S/c19-18(20,21)14-3-1-2-4-16(14)26-11-15(22-23-26)17(27)25-8-6-24(7-9-25)13-5-10-30(28,29)12-13/h1-4,11,13H,5-10,12H2. The second kappa shape index (κ2) is 7.65. The maximum absolute atomic E-state index is 13.2. The number of rotatable bonds is 3. The van der Waals surface area contributed by atoms with Crippen molar-refractivity contribution in [2.75, 3.05) is 37.7 Å². The molecule has 3 heterocycles. The van der Waals surface area contributed by atoms with E-state index in [1.165, 1.54) is 24.4 Å². The number of halogens is 3. The van der Waals surface area contributed by atoms with Crippen LogP contribution in [0.1, 0.15) is 22.5 Å². The Balaban J connectivity index is 1.44. The molecule has 0 bridgehead atoms. The molecular formula is C18H20F3N5O3S. The predicted octanol–water partition coefficient (Wildman–Crippen LogP) is 1.23. The lowest BCUT2D eigenvalue weighted by Crippen LogP contribution is -2.52. The van der Waals surface area contributed by atoms with Crippen LogP contribution in [0.5, 0.6) is 0 Å². The number of para-hydroxylation sites is 1. The van der Waals surface area contributed by atoms with Gasteiger partial charge in [0.15, 0.2) is 15.5 Å². The molecule has 2 aliphatic heterocycles. The van der Waals surface area contributed by atoms with Crippen molar-refractivity contribution in [2.45, 2.75) is 18.6 Å². The van der Waals surface area contributed by atoms with Gasteiger partial charge < -0.3 is 4.90 Å². The fraction of sp³-hybridized carbons (Fsp3) is 0.500. The molecule has 0 spiro atoms. The predicted molar refractivity (Wildman–Crippen MR) is 101 cm³/mol. The third-order valence-corrected chi connectivity index (χ3v) is 7.25. The fourth-order valence-electron chi connectivity index (χ4n) is 3.91. The van der Waals surface area contributed by atoms with Crippen molar-refractivity contribution in [3.8, 4) is 5.69 Å². The highest BCUT2D eigenvalue weighted by Gasteiger charge is 2.36. The van der Waals surface area contributed by atoms with Crippen molar-refractivity contribution >= 4 is 15.7 Å². The molecule has 2 aliphatic rings. The first-order valence-electron chi connectivity index (χ1n) is 9.47. The maximum Gasteiger partial charge on any atom is 0.418 e. The van der Waals surface area contributed by atoms with Gasteiger partial charge in [-0.05, 0) is 18.6 Å². The van der Waals surface area contributed by atoms with Crippen LogP contribution in [0.25, 0.3) is 5.69 Å². The van der Waals surface area contributed by atoms with Crippen LogP contribution in [0.4, 0.5) is 13.2 Å². The van der Waals surface area contributed by atoms with E-state index in [-0.39, 0.29) is 28.9 Å². The van der Waals surface area contributed by atoms with Crippen molar-refractivity contribution in [3.63, 3.8) is 0 Å². The second-order valence-corrected chi connectivity index (χ2v) is 9.68. The molecule has 0 saturated carbocycles. The summed E-state index contributed by atoms with van der Waals surface area (Å²) in [5.74, 6) is -0.0721. The van der Waals surface area contributed by atoms with Gasteiger partial charge in [-0.2, -0.15) is 13.2 Å². The number of carbonyl (C=O) groups excluding carboxylic acids is 1. The zero-order valence-corrected chi connectivity index (χ0v) is 16.7. The lowest BCUT2D eigenvalue weighted by molar-refractivity contribution is -0.137. The third kappa shape index (κ3) is 4.19. The molecule has 4 rings (SSSR count). The SMILES string of the molecule is O=C(c1cn(-c2ccccc2C(F)(F)F)nn1)N1CCN(C2CCS(=O)(=O)C2)CC1. The molecule has 162 valence electrons. The van der Waals surface area contributed by atoms with Crippen LogP contribution in [0, 0.1) is 0 Å². The molecule has 0 aliphatic carbocycles. The lowest BCUT2D eigenvalue weighted by Gasteiger charge is -2.37. The number of alkyl halides is 3. The molecule has 1 aromatic heterocycles. The molecule has 1 amide bonds. The van der Waals surface area contributed by atoms with Gasteiger partial charge in [-0.25, -0.2) is 13.1 Å². The Bertz CT molecular complexity index is 1050. The number of piperazine rings is 1. The molecule has 0 radical (unpaired) electrons. The Labute approximate surface area is 171 Å².